The van der Waals surface area contributed by atoms with Gasteiger partial charge in [-0.3, -0.25) is 0 Å². The zero-order valence-corrected chi connectivity index (χ0v) is 10.8. The maximum Gasteiger partial charge on any atom is 0.147 e. The highest BCUT2D eigenvalue weighted by atomic mass is 35.5. The van der Waals surface area contributed by atoms with Crippen molar-refractivity contribution in [3.05, 3.63) is 41.2 Å². The number of hydrogen-bond donors (Lipinski definition) is 1. The van der Waals surface area contributed by atoms with E-state index in [4.69, 9.17) is 11.6 Å². The molecule has 4 nitrogen and oxygen atoms in total. The lowest BCUT2D eigenvalue weighted by molar-refractivity contribution is 0.572. The van der Waals surface area contributed by atoms with Crippen molar-refractivity contribution in [3.8, 4) is 0 Å². The van der Waals surface area contributed by atoms with Crippen LogP contribution in [0.25, 0.3) is 0 Å². The van der Waals surface area contributed by atoms with Gasteiger partial charge < -0.3 is 5.32 Å². The van der Waals surface area contributed by atoms with E-state index in [9.17, 15) is 4.39 Å². The number of benzene rings is 1. The third-order valence-electron chi connectivity index (χ3n) is 2.52. The smallest absolute Gasteiger partial charge is 0.147 e. The molecular formula is C12H14ClFN4. The summed E-state index contributed by atoms with van der Waals surface area (Å²) in [5.74, 6) is 0.389. The normalized spacial score (nSPS) is 10.6. The molecule has 96 valence electrons. The Balaban J connectivity index is 2.09. The Bertz CT molecular complexity index is 506. The highest BCUT2D eigenvalue weighted by Gasteiger charge is 2.08. The predicted molar refractivity (Wildman–Crippen MR) is 69.0 cm³/mol. The van der Waals surface area contributed by atoms with Crippen LogP contribution < -0.4 is 5.32 Å². The van der Waals surface area contributed by atoms with E-state index in [1.165, 1.54) is 12.4 Å². The van der Waals surface area contributed by atoms with Crippen LogP contribution in [0.1, 0.15) is 19.2 Å². The Kier molecular flexibility index (Phi) is 4.15. The molecule has 2 aromatic rings. The first-order valence-electron chi connectivity index (χ1n) is 5.77. The number of aryl methyl sites for hydroxylation is 1. The minimum absolute atomic E-state index is 0.296. The summed E-state index contributed by atoms with van der Waals surface area (Å²) < 4.78 is 15.3. The van der Waals surface area contributed by atoms with E-state index in [2.05, 4.69) is 22.3 Å². The Hall–Kier alpha value is -1.62. The predicted octanol–water partition coefficient (Wildman–Crippen LogP) is 3.09. The van der Waals surface area contributed by atoms with E-state index in [0.29, 0.717) is 17.3 Å². The van der Waals surface area contributed by atoms with Gasteiger partial charge in [-0.1, -0.05) is 24.6 Å². The first kappa shape index (κ1) is 12.8. The van der Waals surface area contributed by atoms with Gasteiger partial charge in [0.15, 0.2) is 0 Å². The lowest BCUT2D eigenvalue weighted by Gasteiger charge is -2.09. The van der Waals surface area contributed by atoms with Crippen molar-refractivity contribution in [1.82, 2.24) is 14.8 Å². The van der Waals surface area contributed by atoms with Crippen LogP contribution in [0.3, 0.4) is 0 Å². The number of aromatic nitrogens is 3. The Morgan fingerprint density at radius 2 is 2.28 bits per heavy atom. The summed E-state index contributed by atoms with van der Waals surface area (Å²) in [7, 11) is 0. The zero-order chi connectivity index (χ0) is 13.0. The fourth-order valence-corrected chi connectivity index (χ4v) is 1.89. The molecule has 0 unspecified atom stereocenters. The SMILES string of the molecule is CCCn1ncnc1CNc1c(F)cccc1Cl. The third kappa shape index (κ3) is 2.79. The van der Waals surface area contributed by atoms with Gasteiger partial charge in [-0.15, -0.1) is 0 Å². The quantitative estimate of drug-likeness (QED) is 0.906. The second kappa shape index (κ2) is 5.82. The van der Waals surface area contributed by atoms with Gasteiger partial charge in [-0.2, -0.15) is 5.10 Å². The van der Waals surface area contributed by atoms with Gasteiger partial charge in [-0.05, 0) is 18.6 Å². The fraction of sp³-hybridized carbons (Fsp3) is 0.333. The molecule has 1 N–H and O–H groups in total. The Morgan fingerprint density at radius 1 is 1.44 bits per heavy atom. The van der Waals surface area contributed by atoms with Crippen molar-refractivity contribution in [2.24, 2.45) is 0 Å². The summed E-state index contributed by atoms with van der Waals surface area (Å²) >= 11 is 5.93. The molecule has 1 aromatic carbocycles. The molecule has 1 heterocycles. The zero-order valence-electron chi connectivity index (χ0n) is 10.0. The van der Waals surface area contributed by atoms with Crippen molar-refractivity contribution < 1.29 is 4.39 Å². The highest BCUT2D eigenvalue weighted by Crippen LogP contribution is 2.24. The van der Waals surface area contributed by atoms with Gasteiger partial charge >= 0.3 is 0 Å². The standard InChI is InChI=1S/C12H14ClFN4/c1-2-6-18-11(16-8-17-18)7-15-12-9(13)4-3-5-10(12)14/h3-5,8,15H,2,6-7H2,1H3. The van der Waals surface area contributed by atoms with E-state index in [1.54, 1.807) is 16.8 Å². The molecule has 0 spiro atoms. The molecule has 0 saturated heterocycles. The lowest BCUT2D eigenvalue weighted by atomic mass is 10.3. The van der Waals surface area contributed by atoms with Crippen LogP contribution in [-0.2, 0) is 13.1 Å². The average molecular weight is 269 g/mol. The molecule has 0 saturated carbocycles. The van der Waals surface area contributed by atoms with Crippen LogP contribution in [-0.4, -0.2) is 14.8 Å². The topological polar surface area (TPSA) is 42.7 Å². The molecule has 1 aromatic heterocycles. The molecule has 0 atom stereocenters. The van der Waals surface area contributed by atoms with Crippen molar-refractivity contribution >= 4 is 17.3 Å². The molecule has 0 bridgehead atoms. The number of anilines is 1. The van der Waals surface area contributed by atoms with Gasteiger partial charge in [0.25, 0.3) is 0 Å². The Labute approximate surface area is 110 Å². The minimum Gasteiger partial charge on any atom is -0.374 e. The molecule has 2 rings (SSSR count). The number of para-hydroxylation sites is 1. The van der Waals surface area contributed by atoms with Crippen molar-refractivity contribution in [2.75, 3.05) is 5.32 Å². The third-order valence-corrected chi connectivity index (χ3v) is 2.83. The van der Waals surface area contributed by atoms with Gasteiger partial charge in [0.05, 0.1) is 17.3 Å². The van der Waals surface area contributed by atoms with Gasteiger partial charge in [0.1, 0.15) is 18.0 Å². The number of rotatable bonds is 5. The van der Waals surface area contributed by atoms with Gasteiger partial charge in [0.2, 0.25) is 0 Å². The van der Waals surface area contributed by atoms with Crippen molar-refractivity contribution in [3.63, 3.8) is 0 Å². The van der Waals surface area contributed by atoms with E-state index in [0.717, 1.165) is 18.8 Å². The largest absolute Gasteiger partial charge is 0.374 e. The summed E-state index contributed by atoms with van der Waals surface area (Å²) in [5.41, 5.74) is 0.296. The summed E-state index contributed by atoms with van der Waals surface area (Å²) in [6.45, 7) is 3.25. The summed E-state index contributed by atoms with van der Waals surface area (Å²) in [6, 6.07) is 4.58. The van der Waals surface area contributed by atoms with Gasteiger partial charge in [0, 0.05) is 6.54 Å². The van der Waals surface area contributed by atoms with E-state index < -0.39 is 0 Å². The van der Waals surface area contributed by atoms with Crippen LogP contribution >= 0.6 is 11.6 Å². The molecule has 0 radical (unpaired) electrons. The molecule has 0 aliphatic rings. The molecule has 18 heavy (non-hydrogen) atoms. The van der Waals surface area contributed by atoms with Gasteiger partial charge in [-0.25, -0.2) is 14.1 Å². The summed E-state index contributed by atoms with van der Waals surface area (Å²) in [5, 5.41) is 7.41. The molecule has 0 aliphatic carbocycles. The molecular weight excluding hydrogens is 255 g/mol. The number of nitrogens with one attached hydrogen (secondary N) is 1. The molecule has 0 amide bonds. The second-order valence-corrected chi connectivity index (χ2v) is 4.26. The lowest BCUT2D eigenvalue weighted by Crippen LogP contribution is -2.10. The fourth-order valence-electron chi connectivity index (χ4n) is 1.66. The second-order valence-electron chi connectivity index (χ2n) is 3.85. The first-order valence-corrected chi connectivity index (χ1v) is 6.14. The molecule has 0 aliphatic heterocycles. The van der Waals surface area contributed by atoms with Crippen LogP contribution in [0.5, 0.6) is 0 Å². The number of halogens is 2. The average Bonchev–Trinajstić information content (AvgIpc) is 2.77. The molecule has 6 heteroatoms. The van der Waals surface area contributed by atoms with Crippen LogP contribution in [0.4, 0.5) is 10.1 Å². The van der Waals surface area contributed by atoms with E-state index >= 15 is 0 Å². The van der Waals surface area contributed by atoms with Crippen molar-refractivity contribution in [1.29, 1.82) is 0 Å². The van der Waals surface area contributed by atoms with E-state index in [1.807, 2.05) is 0 Å². The van der Waals surface area contributed by atoms with Crippen LogP contribution in [0.2, 0.25) is 5.02 Å². The summed E-state index contributed by atoms with van der Waals surface area (Å²) in [6.07, 6.45) is 2.46. The minimum atomic E-state index is -0.371. The van der Waals surface area contributed by atoms with Crippen LogP contribution in [0, 0.1) is 5.82 Å². The van der Waals surface area contributed by atoms with Crippen LogP contribution in [0.15, 0.2) is 24.5 Å². The monoisotopic (exact) mass is 268 g/mol. The summed E-state index contributed by atoms with van der Waals surface area (Å²) in [4.78, 5) is 4.13. The Morgan fingerprint density at radius 3 is 3.00 bits per heavy atom. The number of nitrogens with zero attached hydrogens (tertiary/aromatic N) is 3. The maximum atomic E-state index is 13.5. The van der Waals surface area contributed by atoms with Crippen molar-refractivity contribution in [2.45, 2.75) is 26.4 Å². The first-order chi connectivity index (χ1) is 8.72. The maximum absolute atomic E-state index is 13.5. The highest BCUT2D eigenvalue weighted by molar-refractivity contribution is 6.33. The number of hydrogen-bond acceptors (Lipinski definition) is 3. The molecule has 0 fully saturated rings. The van der Waals surface area contributed by atoms with E-state index in [-0.39, 0.29) is 5.82 Å².